The summed E-state index contributed by atoms with van der Waals surface area (Å²) in [6.07, 6.45) is 0.627. The third-order valence-corrected chi connectivity index (χ3v) is 2.73. The van der Waals surface area contributed by atoms with Gasteiger partial charge < -0.3 is 15.3 Å². The largest absolute Gasteiger partial charge is 0.392 e. The summed E-state index contributed by atoms with van der Waals surface area (Å²) in [7, 11) is 0. The molecule has 0 saturated heterocycles. The second-order valence-electron chi connectivity index (χ2n) is 5.65. The van der Waals surface area contributed by atoms with Gasteiger partial charge in [0.2, 0.25) is 0 Å². The molecule has 0 heterocycles. The Bertz CT molecular complexity index is 162. The van der Waals surface area contributed by atoms with Gasteiger partial charge in [0.05, 0.1) is 6.10 Å². The van der Waals surface area contributed by atoms with Crippen molar-refractivity contribution in [1.29, 1.82) is 0 Å². The number of nitrogens with zero attached hydrogens (tertiary/aromatic N) is 1. The van der Waals surface area contributed by atoms with Crippen molar-refractivity contribution in [2.75, 3.05) is 32.7 Å². The van der Waals surface area contributed by atoms with E-state index in [0.29, 0.717) is 6.54 Å². The van der Waals surface area contributed by atoms with Gasteiger partial charge >= 0.3 is 0 Å². The van der Waals surface area contributed by atoms with Gasteiger partial charge in [-0.1, -0.05) is 34.6 Å². The third-order valence-electron chi connectivity index (χ3n) is 2.73. The zero-order chi connectivity index (χ0) is 12.6. The summed E-state index contributed by atoms with van der Waals surface area (Å²) in [5, 5.41) is 13.1. The summed E-state index contributed by atoms with van der Waals surface area (Å²) in [6, 6.07) is 0. The summed E-state index contributed by atoms with van der Waals surface area (Å²) in [5.74, 6) is 0. The van der Waals surface area contributed by atoms with Crippen molar-refractivity contribution < 1.29 is 5.11 Å². The second-order valence-corrected chi connectivity index (χ2v) is 5.65. The van der Waals surface area contributed by atoms with Crippen molar-refractivity contribution in [3.63, 3.8) is 0 Å². The van der Waals surface area contributed by atoms with Gasteiger partial charge in [-0.2, -0.15) is 0 Å². The standard InChI is InChI=1S/C13H30N2O/c1-6-15(7-2)9-8-14-11-12(16)10-13(3,4)5/h12,14,16H,6-11H2,1-5H3. The van der Waals surface area contributed by atoms with Gasteiger partial charge in [0.25, 0.3) is 0 Å². The fourth-order valence-corrected chi connectivity index (χ4v) is 1.82. The molecule has 16 heavy (non-hydrogen) atoms. The molecule has 0 aliphatic rings. The molecule has 0 bridgehead atoms. The van der Waals surface area contributed by atoms with E-state index in [2.05, 4.69) is 44.8 Å². The first-order valence-electron chi connectivity index (χ1n) is 6.50. The molecule has 2 N–H and O–H groups in total. The Balaban J connectivity index is 3.51. The first kappa shape index (κ1) is 15.9. The fourth-order valence-electron chi connectivity index (χ4n) is 1.82. The van der Waals surface area contributed by atoms with E-state index >= 15 is 0 Å². The van der Waals surface area contributed by atoms with Crippen LogP contribution in [0, 0.1) is 5.41 Å². The first-order chi connectivity index (χ1) is 7.39. The van der Waals surface area contributed by atoms with Crippen LogP contribution in [-0.4, -0.2) is 48.8 Å². The molecule has 0 rings (SSSR count). The number of nitrogens with one attached hydrogen (secondary N) is 1. The molecule has 0 radical (unpaired) electrons. The van der Waals surface area contributed by atoms with Gasteiger partial charge in [-0.3, -0.25) is 0 Å². The predicted molar refractivity (Wildman–Crippen MR) is 70.7 cm³/mol. The van der Waals surface area contributed by atoms with Crippen molar-refractivity contribution in [3.8, 4) is 0 Å². The maximum atomic E-state index is 9.79. The maximum absolute atomic E-state index is 9.79. The molecular formula is C13H30N2O. The van der Waals surface area contributed by atoms with Crippen LogP contribution < -0.4 is 5.32 Å². The molecule has 0 saturated carbocycles. The van der Waals surface area contributed by atoms with Gasteiger partial charge in [0.15, 0.2) is 0 Å². The van der Waals surface area contributed by atoms with Gasteiger partial charge in [0.1, 0.15) is 0 Å². The topological polar surface area (TPSA) is 35.5 Å². The van der Waals surface area contributed by atoms with E-state index in [1.165, 1.54) is 0 Å². The number of hydrogen-bond acceptors (Lipinski definition) is 3. The molecule has 0 aromatic carbocycles. The fraction of sp³-hybridized carbons (Fsp3) is 1.00. The van der Waals surface area contributed by atoms with Crippen LogP contribution in [0.3, 0.4) is 0 Å². The SMILES string of the molecule is CCN(CC)CCNCC(O)CC(C)(C)C. The Hall–Kier alpha value is -0.120. The average Bonchev–Trinajstić information content (AvgIpc) is 2.15. The van der Waals surface area contributed by atoms with Crippen molar-refractivity contribution in [1.82, 2.24) is 10.2 Å². The van der Waals surface area contributed by atoms with Gasteiger partial charge in [-0.25, -0.2) is 0 Å². The average molecular weight is 230 g/mol. The lowest BCUT2D eigenvalue weighted by Gasteiger charge is -2.23. The monoisotopic (exact) mass is 230 g/mol. The molecule has 0 aromatic heterocycles. The summed E-state index contributed by atoms with van der Waals surface area (Å²) in [4.78, 5) is 2.38. The molecular weight excluding hydrogens is 200 g/mol. The minimum atomic E-state index is -0.225. The van der Waals surface area contributed by atoms with E-state index in [9.17, 15) is 5.11 Å². The number of rotatable bonds is 8. The van der Waals surface area contributed by atoms with E-state index < -0.39 is 0 Å². The molecule has 0 aliphatic carbocycles. The Morgan fingerprint density at radius 1 is 1.19 bits per heavy atom. The lowest BCUT2D eigenvalue weighted by molar-refractivity contribution is 0.119. The quantitative estimate of drug-likeness (QED) is 0.623. The Morgan fingerprint density at radius 2 is 1.75 bits per heavy atom. The molecule has 1 atom stereocenters. The minimum absolute atomic E-state index is 0.208. The zero-order valence-electron chi connectivity index (χ0n) is 11.7. The summed E-state index contributed by atoms with van der Waals surface area (Å²) in [6.45, 7) is 15.8. The zero-order valence-corrected chi connectivity index (χ0v) is 11.7. The van der Waals surface area contributed by atoms with E-state index in [1.54, 1.807) is 0 Å². The highest BCUT2D eigenvalue weighted by molar-refractivity contribution is 4.70. The normalized spacial score (nSPS) is 14.4. The molecule has 0 aliphatic heterocycles. The van der Waals surface area contributed by atoms with Crippen molar-refractivity contribution >= 4 is 0 Å². The van der Waals surface area contributed by atoms with Crippen LogP contribution in [0.25, 0.3) is 0 Å². The first-order valence-corrected chi connectivity index (χ1v) is 6.50. The Labute approximate surface area is 101 Å². The number of aliphatic hydroxyl groups is 1. The minimum Gasteiger partial charge on any atom is -0.392 e. The molecule has 0 amide bonds. The lowest BCUT2D eigenvalue weighted by Crippen LogP contribution is -2.36. The molecule has 0 fully saturated rings. The summed E-state index contributed by atoms with van der Waals surface area (Å²) < 4.78 is 0. The number of aliphatic hydroxyl groups excluding tert-OH is 1. The molecule has 98 valence electrons. The molecule has 1 unspecified atom stereocenters. The van der Waals surface area contributed by atoms with E-state index in [1.807, 2.05) is 0 Å². The highest BCUT2D eigenvalue weighted by Gasteiger charge is 2.15. The van der Waals surface area contributed by atoms with Crippen LogP contribution in [-0.2, 0) is 0 Å². The molecule has 3 nitrogen and oxygen atoms in total. The van der Waals surface area contributed by atoms with Crippen LogP contribution in [0.5, 0.6) is 0 Å². The van der Waals surface area contributed by atoms with Gasteiger partial charge in [-0.15, -0.1) is 0 Å². The molecule has 0 aromatic rings. The van der Waals surface area contributed by atoms with Crippen LogP contribution in [0.15, 0.2) is 0 Å². The Morgan fingerprint density at radius 3 is 2.19 bits per heavy atom. The predicted octanol–water partition coefficient (Wildman–Crippen LogP) is 1.71. The van der Waals surface area contributed by atoms with Gasteiger partial charge in [0, 0.05) is 19.6 Å². The van der Waals surface area contributed by atoms with Crippen LogP contribution >= 0.6 is 0 Å². The van der Waals surface area contributed by atoms with E-state index in [0.717, 1.165) is 32.6 Å². The second kappa shape index (κ2) is 8.04. The van der Waals surface area contributed by atoms with Crippen LogP contribution in [0.2, 0.25) is 0 Å². The summed E-state index contributed by atoms with van der Waals surface area (Å²) >= 11 is 0. The van der Waals surface area contributed by atoms with Crippen LogP contribution in [0.4, 0.5) is 0 Å². The van der Waals surface area contributed by atoms with Gasteiger partial charge in [-0.05, 0) is 24.9 Å². The lowest BCUT2D eigenvalue weighted by atomic mass is 9.89. The Kier molecular flexibility index (Phi) is 7.98. The highest BCUT2D eigenvalue weighted by Crippen LogP contribution is 2.20. The summed E-state index contributed by atoms with van der Waals surface area (Å²) in [5.41, 5.74) is 0.208. The number of likely N-dealkylation sites (N-methyl/N-ethyl adjacent to an activating group) is 1. The molecule has 3 heteroatoms. The van der Waals surface area contributed by atoms with Crippen molar-refractivity contribution in [3.05, 3.63) is 0 Å². The van der Waals surface area contributed by atoms with Crippen molar-refractivity contribution in [2.45, 2.75) is 47.1 Å². The van der Waals surface area contributed by atoms with Crippen molar-refractivity contribution in [2.24, 2.45) is 5.41 Å². The maximum Gasteiger partial charge on any atom is 0.0669 e. The third kappa shape index (κ3) is 9.13. The molecule has 0 spiro atoms. The van der Waals surface area contributed by atoms with Crippen LogP contribution in [0.1, 0.15) is 41.0 Å². The van der Waals surface area contributed by atoms with E-state index in [4.69, 9.17) is 0 Å². The highest BCUT2D eigenvalue weighted by atomic mass is 16.3. The van der Waals surface area contributed by atoms with E-state index in [-0.39, 0.29) is 11.5 Å². The number of hydrogen-bond donors (Lipinski definition) is 2. The smallest absolute Gasteiger partial charge is 0.0669 e.